The topological polar surface area (TPSA) is 97.7 Å². The van der Waals surface area contributed by atoms with E-state index < -0.39 is 25.7 Å². The molecule has 0 amide bonds. The Hall–Kier alpha value is 0.342. The van der Waals surface area contributed by atoms with Crippen LogP contribution in [0.4, 0.5) is 4.79 Å². The third-order valence-corrected chi connectivity index (χ3v) is 0. The van der Waals surface area contributed by atoms with Crippen molar-refractivity contribution in [2.75, 3.05) is 0 Å². The summed E-state index contributed by atoms with van der Waals surface area (Å²) in [5, 5.41) is 13.9. The molecule has 0 aliphatic rings. The Morgan fingerprint density at radius 3 is 1.50 bits per heavy atom. The zero-order valence-electron chi connectivity index (χ0n) is 4.12. The van der Waals surface area contributed by atoms with Crippen molar-refractivity contribution in [3.8, 4) is 0 Å². The van der Waals surface area contributed by atoms with Crippen molar-refractivity contribution in [3.05, 3.63) is 0 Å². The molecule has 0 rings (SSSR count). The van der Waals surface area contributed by atoms with E-state index in [1.165, 1.54) is 0 Å². The SMILES string of the molecule is O=C(O)O.[Li+].[O]=[Ti][O-]. The first-order valence-corrected chi connectivity index (χ1v) is 2.33. The van der Waals surface area contributed by atoms with Gasteiger partial charge in [0.25, 0.3) is 0 Å². The van der Waals surface area contributed by atoms with Crippen LogP contribution in [0, 0.1) is 0 Å². The van der Waals surface area contributed by atoms with Gasteiger partial charge in [0.2, 0.25) is 0 Å². The van der Waals surface area contributed by atoms with E-state index in [-0.39, 0.29) is 18.9 Å². The molecule has 0 aromatic heterocycles. The zero-order chi connectivity index (χ0) is 6.28. The molecular formula is CH2LiO5Ti. The van der Waals surface area contributed by atoms with E-state index in [0.717, 1.165) is 0 Å². The first-order valence-electron chi connectivity index (χ1n) is 1.06. The molecule has 0 atom stereocenters. The van der Waals surface area contributed by atoms with Crippen LogP contribution in [-0.2, 0) is 22.8 Å². The second-order valence-electron chi connectivity index (χ2n) is 0.366. The van der Waals surface area contributed by atoms with Gasteiger partial charge in [0.15, 0.2) is 0 Å². The third kappa shape index (κ3) is 1550. The first kappa shape index (κ1) is 15.8. The van der Waals surface area contributed by atoms with E-state index in [2.05, 4.69) is 0 Å². The van der Waals surface area contributed by atoms with Crippen LogP contribution in [0.3, 0.4) is 0 Å². The van der Waals surface area contributed by atoms with Crippen molar-refractivity contribution in [1.29, 1.82) is 0 Å². The molecule has 0 aromatic carbocycles. The summed E-state index contributed by atoms with van der Waals surface area (Å²) in [5.74, 6) is 0. The second-order valence-corrected chi connectivity index (χ2v) is 0.626. The molecule has 0 unspecified atom stereocenters. The van der Waals surface area contributed by atoms with Gasteiger partial charge in [-0.15, -0.1) is 0 Å². The van der Waals surface area contributed by atoms with Crippen LogP contribution >= 0.6 is 0 Å². The van der Waals surface area contributed by atoms with Crippen molar-refractivity contribution in [3.63, 3.8) is 0 Å². The summed E-state index contributed by atoms with van der Waals surface area (Å²) in [4.78, 5) is 8.56. The molecule has 0 saturated heterocycles. The normalized spacial score (nSPS) is 4.12. The summed E-state index contributed by atoms with van der Waals surface area (Å²) in [7, 11) is 0. The van der Waals surface area contributed by atoms with Gasteiger partial charge < -0.3 is 10.2 Å². The van der Waals surface area contributed by atoms with Gasteiger partial charge in [-0.25, -0.2) is 4.79 Å². The van der Waals surface area contributed by atoms with Crippen LogP contribution in [0.1, 0.15) is 0 Å². The molecule has 8 heavy (non-hydrogen) atoms. The summed E-state index contributed by atoms with van der Waals surface area (Å²) in [6.07, 6.45) is -1.83. The number of hydrogen-bond donors (Lipinski definition) is 2. The molecular weight excluding hydrogens is 147 g/mol. The van der Waals surface area contributed by atoms with Crippen molar-refractivity contribution >= 4 is 6.16 Å². The van der Waals surface area contributed by atoms with E-state index in [1.54, 1.807) is 0 Å². The van der Waals surface area contributed by atoms with Crippen LogP contribution in [-0.4, -0.2) is 16.4 Å². The molecule has 0 aliphatic heterocycles. The van der Waals surface area contributed by atoms with Crippen molar-refractivity contribution < 1.29 is 60.4 Å². The van der Waals surface area contributed by atoms with Gasteiger partial charge >= 0.3 is 51.5 Å². The quantitative estimate of drug-likeness (QED) is 0.341. The van der Waals surface area contributed by atoms with Crippen molar-refractivity contribution in [2.24, 2.45) is 0 Å². The standard InChI is InChI=1S/CH2O3.Li.2O.Ti/c2-1(3)4;;;;/h(H2,2,3,4);;;;/q;+1;;-1;. The fourth-order valence-electron chi connectivity index (χ4n) is 0. The minimum atomic E-state index is -2.00. The van der Waals surface area contributed by atoms with Gasteiger partial charge in [0, 0.05) is 0 Å². The van der Waals surface area contributed by atoms with Crippen molar-refractivity contribution in [1.82, 2.24) is 0 Å². The monoisotopic (exact) mass is 149 g/mol. The Kier molecular flexibility index (Phi) is 30.9. The summed E-state index contributed by atoms with van der Waals surface area (Å²) in [5.41, 5.74) is 0. The van der Waals surface area contributed by atoms with E-state index in [9.17, 15) is 0 Å². The molecule has 0 heterocycles. The summed E-state index contributed by atoms with van der Waals surface area (Å²) < 4.78 is 17.0. The van der Waals surface area contributed by atoms with Gasteiger partial charge in [0.05, 0.1) is 0 Å². The van der Waals surface area contributed by atoms with E-state index in [0.29, 0.717) is 0 Å². The Morgan fingerprint density at radius 2 is 1.50 bits per heavy atom. The van der Waals surface area contributed by atoms with Crippen LogP contribution in [0.25, 0.3) is 0 Å². The molecule has 7 heteroatoms. The van der Waals surface area contributed by atoms with Gasteiger partial charge in [-0.1, -0.05) is 0 Å². The number of hydrogen-bond acceptors (Lipinski definition) is 3. The molecule has 0 radical (unpaired) electrons. The van der Waals surface area contributed by atoms with Crippen LogP contribution in [0.15, 0.2) is 0 Å². The average Bonchev–Trinajstić information content (AvgIpc) is 1.33. The molecule has 41 valence electrons. The van der Waals surface area contributed by atoms with E-state index in [1.807, 2.05) is 0 Å². The van der Waals surface area contributed by atoms with Crippen molar-refractivity contribution in [2.45, 2.75) is 0 Å². The molecule has 0 saturated carbocycles. The Balaban J connectivity index is -0.0000000575. The minimum absolute atomic E-state index is 0. The Morgan fingerprint density at radius 1 is 1.50 bits per heavy atom. The maximum absolute atomic E-state index is 8.56. The van der Waals surface area contributed by atoms with Crippen LogP contribution < -0.4 is 22.5 Å². The van der Waals surface area contributed by atoms with Gasteiger partial charge in [-0.2, -0.15) is 0 Å². The van der Waals surface area contributed by atoms with Crippen LogP contribution in [0.5, 0.6) is 0 Å². The zero-order valence-corrected chi connectivity index (χ0v) is 5.68. The maximum atomic E-state index is 8.56. The predicted molar refractivity (Wildman–Crippen MR) is 11.3 cm³/mol. The van der Waals surface area contributed by atoms with E-state index in [4.69, 9.17) is 22.0 Å². The molecule has 0 aliphatic carbocycles. The summed E-state index contributed by atoms with van der Waals surface area (Å²) in [6, 6.07) is 0. The number of carboxylic acid groups (broad SMARTS) is 2. The second kappa shape index (κ2) is 15.7. The predicted octanol–water partition coefficient (Wildman–Crippen LogP) is -4.08. The molecule has 0 fully saturated rings. The van der Waals surface area contributed by atoms with Gasteiger partial charge in [-0.3, -0.25) is 0 Å². The molecule has 0 bridgehead atoms. The van der Waals surface area contributed by atoms with E-state index >= 15 is 0 Å². The van der Waals surface area contributed by atoms with Crippen LogP contribution in [0.2, 0.25) is 0 Å². The Bertz CT molecular complexity index is 59.4. The molecule has 0 aromatic rings. The Labute approximate surface area is 66.6 Å². The molecule has 5 nitrogen and oxygen atoms in total. The third-order valence-electron chi connectivity index (χ3n) is 0. The molecule has 2 N–H and O–H groups in total. The number of rotatable bonds is 0. The summed E-state index contributed by atoms with van der Waals surface area (Å²) >= 11 is -2.00. The average molecular weight is 149 g/mol. The molecule has 0 spiro atoms. The fraction of sp³-hybridized carbons (Fsp3) is 0. The van der Waals surface area contributed by atoms with Gasteiger partial charge in [0.1, 0.15) is 0 Å². The fourth-order valence-corrected chi connectivity index (χ4v) is 0. The number of carbonyl (C=O) groups is 1. The first-order chi connectivity index (χ1) is 3.15. The van der Waals surface area contributed by atoms with Gasteiger partial charge in [-0.05, 0) is 0 Å². The summed E-state index contributed by atoms with van der Waals surface area (Å²) in [6.45, 7) is 0.